The minimum atomic E-state index is -3.35. The third-order valence-corrected chi connectivity index (χ3v) is 6.32. The van der Waals surface area contributed by atoms with Crippen molar-refractivity contribution in [3.63, 3.8) is 0 Å². The van der Waals surface area contributed by atoms with Gasteiger partial charge in [-0.05, 0) is 42.8 Å². The van der Waals surface area contributed by atoms with Gasteiger partial charge in [0.25, 0.3) is 0 Å². The number of nitrogens with one attached hydrogen (secondary N) is 2. The Balaban J connectivity index is 1.80. The van der Waals surface area contributed by atoms with Crippen LogP contribution in [0, 0.1) is 6.92 Å². The van der Waals surface area contributed by atoms with Gasteiger partial charge in [-0.25, -0.2) is 18.2 Å². The Hall–Kier alpha value is -2.16. The van der Waals surface area contributed by atoms with Gasteiger partial charge < -0.3 is 10.6 Å². The van der Waals surface area contributed by atoms with Crippen LogP contribution in [0.2, 0.25) is 5.02 Å². The third kappa shape index (κ3) is 4.09. The number of aryl methyl sites for hydroxylation is 1. The summed E-state index contributed by atoms with van der Waals surface area (Å²) in [6, 6.07) is 9.83. The minimum absolute atomic E-state index is 0.0543. The molecule has 0 aliphatic carbocycles. The van der Waals surface area contributed by atoms with Crippen LogP contribution in [-0.2, 0) is 9.84 Å². The number of fused-ring (bicyclic) bond motifs is 1. The van der Waals surface area contributed by atoms with Crippen LogP contribution in [0.25, 0.3) is 10.2 Å². The Morgan fingerprint density at radius 1 is 1.16 bits per heavy atom. The molecule has 1 aromatic heterocycles. The largest absolute Gasteiger partial charge is 0.323 e. The zero-order valence-electron chi connectivity index (χ0n) is 13.3. The van der Waals surface area contributed by atoms with E-state index in [1.165, 1.54) is 0 Å². The molecule has 2 amide bonds. The maximum atomic E-state index is 12.2. The first-order valence-corrected chi connectivity index (χ1v) is 10.3. The van der Waals surface area contributed by atoms with E-state index in [9.17, 15) is 13.2 Å². The van der Waals surface area contributed by atoms with Gasteiger partial charge in [0, 0.05) is 22.7 Å². The minimum Gasteiger partial charge on any atom is -0.308 e. The predicted octanol–water partition coefficient (Wildman–Crippen LogP) is 4.31. The Bertz CT molecular complexity index is 1080. The third-order valence-electron chi connectivity index (χ3n) is 3.39. The van der Waals surface area contributed by atoms with Gasteiger partial charge in [0.15, 0.2) is 0 Å². The SMILES string of the molecule is Cc1ccc(Cl)cc1NC(=O)Nc1ccc2nc(S(C)(=O)=O)sc2c1. The monoisotopic (exact) mass is 395 g/mol. The first-order valence-electron chi connectivity index (χ1n) is 7.17. The fourth-order valence-corrected chi connectivity index (χ4v) is 4.20. The highest BCUT2D eigenvalue weighted by atomic mass is 35.5. The van der Waals surface area contributed by atoms with Crippen LogP contribution in [-0.4, -0.2) is 25.7 Å². The Labute approximate surface area is 153 Å². The van der Waals surface area contributed by atoms with Crippen molar-refractivity contribution in [1.29, 1.82) is 0 Å². The van der Waals surface area contributed by atoms with Gasteiger partial charge in [0.05, 0.1) is 10.2 Å². The zero-order chi connectivity index (χ0) is 18.2. The summed E-state index contributed by atoms with van der Waals surface area (Å²) in [6.45, 7) is 1.86. The lowest BCUT2D eigenvalue weighted by molar-refractivity contribution is 0.262. The standard InChI is InChI=1S/C16H14ClN3O3S2/c1-9-3-4-10(17)7-13(9)19-15(21)18-11-5-6-12-14(8-11)24-16(20-12)25(2,22)23/h3-8H,1-2H3,(H2,18,19,21). The first-order chi connectivity index (χ1) is 11.7. The van der Waals surface area contributed by atoms with Gasteiger partial charge in [-0.2, -0.15) is 0 Å². The fraction of sp³-hybridized carbons (Fsp3) is 0.125. The van der Waals surface area contributed by atoms with E-state index in [1.807, 2.05) is 13.0 Å². The molecule has 3 aromatic rings. The van der Waals surface area contributed by atoms with Gasteiger partial charge in [0.2, 0.25) is 14.2 Å². The molecule has 0 aliphatic heterocycles. The van der Waals surface area contributed by atoms with E-state index in [0.29, 0.717) is 26.6 Å². The highest BCUT2D eigenvalue weighted by Gasteiger charge is 2.14. The van der Waals surface area contributed by atoms with Crippen LogP contribution in [0.4, 0.5) is 16.2 Å². The molecule has 6 nitrogen and oxygen atoms in total. The molecule has 25 heavy (non-hydrogen) atoms. The molecule has 0 saturated heterocycles. The maximum Gasteiger partial charge on any atom is 0.323 e. The quantitative estimate of drug-likeness (QED) is 0.691. The van der Waals surface area contributed by atoms with Crippen molar-refractivity contribution in [3.8, 4) is 0 Å². The molecule has 3 rings (SSSR count). The van der Waals surface area contributed by atoms with Crippen molar-refractivity contribution in [3.05, 3.63) is 47.0 Å². The average molecular weight is 396 g/mol. The number of carbonyl (C=O) groups excluding carboxylic acids is 1. The van der Waals surface area contributed by atoms with Crippen molar-refractivity contribution in [2.24, 2.45) is 0 Å². The van der Waals surface area contributed by atoms with Gasteiger partial charge in [-0.3, -0.25) is 0 Å². The molecule has 2 aromatic carbocycles. The van der Waals surface area contributed by atoms with Gasteiger partial charge in [-0.15, -0.1) is 11.3 Å². The topological polar surface area (TPSA) is 88.2 Å². The summed E-state index contributed by atoms with van der Waals surface area (Å²) in [7, 11) is -3.35. The highest BCUT2D eigenvalue weighted by Crippen LogP contribution is 2.28. The second-order valence-electron chi connectivity index (χ2n) is 5.47. The molecule has 0 saturated carbocycles. The molecule has 0 spiro atoms. The van der Waals surface area contributed by atoms with Crippen LogP contribution in [0.3, 0.4) is 0 Å². The van der Waals surface area contributed by atoms with Crippen molar-refractivity contribution in [2.45, 2.75) is 11.3 Å². The number of aromatic nitrogens is 1. The Morgan fingerprint density at radius 2 is 1.92 bits per heavy atom. The maximum absolute atomic E-state index is 12.2. The number of halogens is 1. The number of benzene rings is 2. The van der Waals surface area contributed by atoms with Crippen molar-refractivity contribution < 1.29 is 13.2 Å². The van der Waals surface area contributed by atoms with Crippen molar-refractivity contribution >= 4 is 60.4 Å². The summed E-state index contributed by atoms with van der Waals surface area (Å²) < 4.78 is 23.9. The highest BCUT2D eigenvalue weighted by molar-refractivity contribution is 7.92. The molecule has 130 valence electrons. The lowest BCUT2D eigenvalue weighted by Crippen LogP contribution is -2.19. The predicted molar refractivity (Wildman–Crippen MR) is 102 cm³/mol. The van der Waals surface area contributed by atoms with E-state index in [4.69, 9.17) is 11.6 Å². The summed E-state index contributed by atoms with van der Waals surface area (Å²) in [6.07, 6.45) is 1.12. The van der Waals surface area contributed by atoms with Crippen LogP contribution in [0.15, 0.2) is 40.7 Å². The number of amides is 2. The van der Waals surface area contributed by atoms with Crippen LogP contribution in [0.5, 0.6) is 0 Å². The number of thiazole rings is 1. The molecular weight excluding hydrogens is 382 g/mol. The molecule has 0 radical (unpaired) electrons. The molecule has 9 heteroatoms. The Kier molecular flexibility index (Phi) is 4.68. The number of urea groups is 1. The van der Waals surface area contributed by atoms with Crippen molar-refractivity contribution in [2.75, 3.05) is 16.9 Å². The fourth-order valence-electron chi connectivity index (χ4n) is 2.15. The van der Waals surface area contributed by atoms with E-state index in [-0.39, 0.29) is 4.34 Å². The smallest absolute Gasteiger partial charge is 0.308 e. The first kappa shape index (κ1) is 17.7. The van der Waals surface area contributed by atoms with Crippen LogP contribution < -0.4 is 10.6 Å². The molecule has 0 bridgehead atoms. The number of hydrogen-bond donors (Lipinski definition) is 2. The summed E-state index contributed by atoms with van der Waals surface area (Å²) in [5.74, 6) is 0. The van der Waals surface area contributed by atoms with Gasteiger partial charge >= 0.3 is 6.03 Å². The summed E-state index contributed by atoms with van der Waals surface area (Å²) >= 11 is 7.00. The van der Waals surface area contributed by atoms with E-state index in [2.05, 4.69) is 15.6 Å². The number of sulfone groups is 1. The van der Waals surface area contributed by atoms with Gasteiger partial charge in [0.1, 0.15) is 0 Å². The normalized spacial score (nSPS) is 11.5. The molecule has 0 fully saturated rings. The second-order valence-corrected chi connectivity index (χ2v) is 9.13. The number of rotatable bonds is 3. The number of hydrogen-bond acceptors (Lipinski definition) is 5. The van der Waals surface area contributed by atoms with Gasteiger partial charge in [-0.1, -0.05) is 17.7 Å². The molecule has 0 aliphatic rings. The molecule has 1 heterocycles. The second kappa shape index (κ2) is 6.62. The zero-order valence-corrected chi connectivity index (χ0v) is 15.7. The number of nitrogens with zero attached hydrogens (tertiary/aromatic N) is 1. The Morgan fingerprint density at radius 3 is 2.64 bits per heavy atom. The lowest BCUT2D eigenvalue weighted by Gasteiger charge is -2.10. The van der Waals surface area contributed by atoms with Crippen LogP contribution >= 0.6 is 22.9 Å². The number of anilines is 2. The lowest BCUT2D eigenvalue weighted by atomic mass is 10.2. The van der Waals surface area contributed by atoms with Crippen molar-refractivity contribution in [1.82, 2.24) is 4.98 Å². The van der Waals surface area contributed by atoms with Crippen LogP contribution in [0.1, 0.15) is 5.56 Å². The molecule has 0 unspecified atom stereocenters. The number of carbonyl (C=O) groups is 1. The van der Waals surface area contributed by atoms with E-state index in [0.717, 1.165) is 23.2 Å². The molecular formula is C16H14ClN3O3S2. The summed E-state index contributed by atoms with van der Waals surface area (Å²) in [5.41, 5.74) is 2.61. The average Bonchev–Trinajstić information content (AvgIpc) is 2.94. The molecule has 2 N–H and O–H groups in total. The summed E-state index contributed by atoms with van der Waals surface area (Å²) in [5, 5.41) is 5.98. The van der Waals surface area contributed by atoms with E-state index >= 15 is 0 Å². The summed E-state index contributed by atoms with van der Waals surface area (Å²) in [4.78, 5) is 16.3. The van der Waals surface area contributed by atoms with E-state index < -0.39 is 15.9 Å². The molecule has 0 atom stereocenters. The van der Waals surface area contributed by atoms with E-state index in [1.54, 1.807) is 30.3 Å².